The summed E-state index contributed by atoms with van der Waals surface area (Å²) >= 11 is 0. The lowest BCUT2D eigenvalue weighted by Crippen LogP contribution is -2.32. The molecule has 0 radical (unpaired) electrons. The van der Waals surface area contributed by atoms with Crippen LogP contribution in [0.25, 0.3) is 5.69 Å². The molecule has 3 unspecified atom stereocenters. The van der Waals surface area contributed by atoms with Crippen LogP contribution in [0.1, 0.15) is 25.5 Å². The largest absolute Gasteiger partial charge is 0.329 e. The Hall–Kier alpha value is -1.65. The molecule has 1 aromatic carbocycles. The summed E-state index contributed by atoms with van der Waals surface area (Å²) in [5.74, 6) is 1.48. The third kappa shape index (κ3) is 2.87. The van der Waals surface area contributed by atoms with Gasteiger partial charge < -0.3 is 5.73 Å². The van der Waals surface area contributed by atoms with Gasteiger partial charge in [0, 0.05) is 31.4 Å². The minimum absolute atomic E-state index is 0.273. The van der Waals surface area contributed by atoms with Gasteiger partial charge in [-0.2, -0.15) is 5.10 Å². The average Bonchev–Trinajstić information content (AvgIpc) is 3.10. The first kappa shape index (κ1) is 14.3. The van der Waals surface area contributed by atoms with Crippen LogP contribution < -0.4 is 5.73 Å². The van der Waals surface area contributed by atoms with E-state index in [1.165, 1.54) is 5.56 Å². The van der Waals surface area contributed by atoms with E-state index in [-0.39, 0.29) is 6.04 Å². The molecule has 1 aliphatic heterocycles. The topological polar surface area (TPSA) is 47.1 Å². The van der Waals surface area contributed by atoms with Crippen molar-refractivity contribution in [1.29, 1.82) is 0 Å². The Balaban J connectivity index is 1.81. The number of hydrogen-bond donors (Lipinski definition) is 1. The number of para-hydroxylation sites is 1. The van der Waals surface area contributed by atoms with Crippen molar-refractivity contribution in [3.63, 3.8) is 0 Å². The molecule has 2 aromatic rings. The zero-order chi connectivity index (χ0) is 14.8. The lowest BCUT2D eigenvalue weighted by Gasteiger charge is -2.25. The van der Waals surface area contributed by atoms with Crippen LogP contribution in [-0.4, -0.2) is 34.3 Å². The summed E-state index contributed by atoms with van der Waals surface area (Å²) in [7, 11) is 0. The van der Waals surface area contributed by atoms with E-state index in [2.05, 4.69) is 42.2 Å². The highest BCUT2D eigenvalue weighted by Gasteiger charge is 2.31. The van der Waals surface area contributed by atoms with Crippen molar-refractivity contribution in [2.24, 2.45) is 17.6 Å². The Labute approximate surface area is 126 Å². The van der Waals surface area contributed by atoms with Gasteiger partial charge in [-0.1, -0.05) is 32.0 Å². The molecular formula is C17H24N4. The first-order valence-electron chi connectivity index (χ1n) is 7.73. The zero-order valence-electron chi connectivity index (χ0n) is 12.8. The summed E-state index contributed by atoms with van der Waals surface area (Å²) in [4.78, 5) is 2.50. The third-order valence-corrected chi connectivity index (χ3v) is 4.69. The number of nitrogens with two attached hydrogens (primary N) is 1. The minimum Gasteiger partial charge on any atom is -0.329 e. The summed E-state index contributed by atoms with van der Waals surface area (Å²) in [5.41, 5.74) is 8.34. The van der Waals surface area contributed by atoms with Gasteiger partial charge in [-0.05, 0) is 24.0 Å². The Morgan fingerprint density at radius 2 is 1.86 bits per heavy atom. The van der Waals surface area contributed by atoms with Gasteiger partial charge in [-0.3, -0.25) is 4.90 Å². The molecule has 3 rings (SSSR count). The van der Waals surface area contributed by atoms with Crippen molar-refractivity contribution < 1.29 is 0 Å². The Bertz CT molecular complexity index is 567. The molecule has 0 aliphatic carbocycles. The first-order chi connectivity index (χ1) is 10.2. The minimum atomic E-state index is 0.273. The second-order valence-corrected chi connectivity index (χ2v) is 6.21. The number of likely N-dealkylation sites (tertiary alicyclic amines) is 1. The van der Waals surface area contributed by atoms with E-state index in [1.54, 1.807) is 0 Å². The van der Waals surface area contributed by atoms with Crippen LogP contribution in [0.2, 0.25) is 0 Å². The molecule has 1 saturated heterocycles. The fourth-order valence-electron chi connectivity index (χ4n) is 3.16. The number of nitrogens with zero attached hydrogens (tertiary/aromatic N) is 3. The van der Waals surface area contributed by atoms with E-state index in [0.29, 0.717) is 6.54 Å². The van der Waals surface area contributed by atoms with E-state index >= 15 is 0 Å². The highest BCUT2D eigenvalue weighted by molar-refractivity contribution is 5.31. The molecule has 1 fully saturated rings. The summed E-state index contributed by atoms with van der Waals surface area (Å²) in [5, 5.41) is 4.50. The van der Waals surface area contributed by atoms with E-state index in [1.807, 2.05) is 29.1 Å². The summed E-state index contributed by atoms with van der Waals surface area (Å²) in [6, 6.07) is 10.5. The molecule has 4 nitrogen and oxygen atoms in total. The molecule has 0 saturated carbocycles. The lowest BCUT2D eigenvalue weighted by molar-refractivity contribution is 0.240. The van der Waals surface area contributed by atoms with Crippen LogP contribution in [0.15, 0.2) is 42.7 Å². The number of aromatic nitrogens is 2. The molecule has 1 aliphatic rings. The first-order valence-corrected chi connectivity index (χ1v) is 7.73. The predicted molar refractivity (Wildman–Crippen MR) is 85.3 cm³/mol. The van der Waals surface area contributed by atoms with Gasteiger partial charge >= 0.3 is 0 Å². The average molecular weight is 284 g/mol. The van der Waals surface area contributed by atoms with Crippen LogP contribution >= 0.6 is 0 Å². The van der Waals surface area contributed by atoms with Gasteiger partial charge in [0.1, 0.15) is 0 Å². The molecule has 21 heavy (non-hydrogen) atoms. The summed E-state index contributed by atoms with van der Waals surface area (Å²) in [6.45, 7) is 7.54. The lowest BCUT2D eigenvalue weighted by atomic mass is 10.0. The molecule has 2 N–H and O–H groups in total. The maximum atomic E-state index is 6.04. The Kier molecular flexibility index (Phi) is 4.08. The van der Waals surface area contributed by atoms with Gasteiger partial charge in [0.05, 0.1) is 17.9 Å². The van der Waals surface area contributed by atoms with Crippen molar-refractivity contribution in [3.8, 4) is 5.69 Å². The van der Waals surface area contributed by atoms with Crippen molar-refractivity contribution in [2.45, 2.75) is 19.9 Å². The Morgan fingerprint density at radius 3 is 2.48 bits per heavy atom. The SMILES string of the molecule is CC1CN(C(CN)c2cnn(-c3ccccc3)c2)CC1C. The van der Waals surface area contributed by atoms with Gasteiger partial charge in [0.2, 0.25) is 0 Å². The molecule has 112 valence electrons. The summed E-state index contributed by atoms with van der Waals surface area (Å²) in [6.07, 6.45) is 4.07. The van der Waals surface area contributed by atoms with Crippen LogP contribution in [0, 0.1) is 11.8 Å². The Morgan fingerprint density at radius 1 is 1.19 bits per heavy atom. The van der Waals surface area contributed by atoms with Crippen LogP contribution in [0.3, 0.4) is 0 Å². The van der Waals surface area contributed by atoms with Gasteiger partial charge in [0.15, 0.2) is 0 Å². The molecule has 0 amide bonds. The van der Waals surface area contributed by atoms with Crippen molar-refractivity contribution in [3.05, 3.63) is 48.3 Å². The molecule has 2 heterocycles. The monoisotopic (exact) mass is 284 g/mol. The fourth-order valence-corrected chi connectivity index (χ4v) is 3.16. The standard InChI is InChI=1S/C17H24N4/c1-13-10-20(11-14(13)2)17(8-18)15-9-19-21(12-15)16-6-4-3-5-7-16/h3-7,9,12-14,17H,8,10-11,18H2,1-2H3. The maximum Gasteiger partial charge on any atom is 0.0645 e. The summed E-state index contributed by atoms with van der Waals surface area (Å²) < 4.78 is 1.93. The van der Waals surface area contributed by atoms with Gasteiger partial charge in [-0.25, -0.2) is 4.68 Å². The normalized spacial score (nSPS) is 24.3. The zero-order valence-corrected chi connectivity index (χ0v) is 12.8. The second-order valence-electron chi connectivity index (χ2n) is 6.21. The van der Waals surface area contributed by atoms with Gasteiger partial charge in [-0.15, -0.1) is 0 Å². The van der Waals surface area contributed by atoms with Crippen LogP contribution in [-0.2, 0) is 0 Å². The van der Waals surface area contributed by atoms with E-state index in [0.717, 1.165) is 30.6 Å². The highest BCUT2D eigenvalue weighted by atomic mass is 15.3. The molecule has 0 spiro atoms. The van der Waals surface area contributed by atoms with Crippen molar-refractivity contribution >= 4 is 0 Å². The number of benzene rings is 1. The molecule has 4 heteroatoms. The molecule has 1 aromatic heterocycles. The molecule has 3 atom stereocenters. The quantitative estimate of drug-likeness (QED) is 0.938. The third-order valence-electron chi connectivity index (χ3n) is 4.69. The number of hydrogen-bond acceptors (Lipinski definition) is 3. The van der Waals surface area contributed by atoms with Crippen LogP contribution in [0.4, 0.5) is 0 Å². The number of rotatable bonds is 4. The molecular weight excluding hydrogens is 260 g/mol. The second kappa shape index (κ2) is 6.00. The van der Waals surface area contributed by atoms with Crippen molar-refractivity contribution in [2.75, 3.05) is 19.6 Å². The van der Waals surface area contributed by atoms with E-state index in [9.17, 15) is 0 Å². The predicted octanol–water partition coefficient (Wildman–Crippen LogP) is 2.46. The fraction of sp³-hybridized carbons (Fsp3) is 0.471. The van der Waals surface area contributed by atoms with E-state index < -0.39 is 0 Å². The van der Waals surface area contributed by atoms with Crippen LogP contribution in [0.5, 0.6) is 0 Å². The molecule has 0 bridgehead atoms. The maximum absolute atomic E-state index is 6.04. The highest BCUT2D eigenvalue weighted by Crippen LogP contribution is 2.30. The van der Waals surface area contributed by atoms with Gasteiger partial charge in [0.25, 0.3) is 0 Å². The van der Waals surface area contributed by atoms with Crippen molar-refractivity contribution in [1.82, 2.24) is 14.7 Å². The van der Waals surface area contributed by atoms with E-state index in [4.69, 9.17) is 5.73 Å². The smallest absolute Gasteiger partial charge is 0.0645 e.